The van der Waals surface area contributed by atoms with Crippen molar-refractivity contribution in [2.45, 2.75) is 32.6 Å². The molecule has 0 spiro atoms. The molecule has 0 radical (unpaired) electrons. The summed E-state index contributed by atoms with van der Waals surface area (Å²) in [5, 5.41) is 0.766. The van der Waals surface area contributed by atoms with Crippen LogP contribution in [0.15, 0.2) is 53.3 Å². The predicted molar refractivity (Wildman–Crippen MR) is 131 cm³/mol. The number of hydrogen-bond acceptors (Lipinski definition) is 6. The highest BCUT2D eigenvalue weighted by atomic mass is 32.1. The SMILES string of the molecule is CCOc1cc(-c2nc3sc4c(c3c(=O)[nH]2)CCCC4)ccc1OCCOc1ccccc1. The van der Waals surface area contributed by atoms with Crippen LogP contribution in [-0.2, 0) is 12.8 Å². The Bertz CT molecular complexity index is 1310. The quantitative estimate of drug-likeness (QED) is 0.356. The lowest BCUT2D eigenvalue weighted by Crippen LogP contribution is -2.11. The Morgan fingerprint density at radius 2 is 1.79 bits per heavy atom. The molecule has 2 heterocycles. The van der Waals surface area contributed by atoms with Gasteiger partial charge in [-0.3, -0.25) is 4.79 Å². The normalized spacial score (nSPS) is 13.0. The van der Waals surface area contributed by atoms with Gasteiger partial charge in [-0.15, -0.1) is 11.3 Å². The summed E-state index contributed by atoms with van der Waals surface area (Å²) in [6.07, 6.45) is 4.32. The molecule has 7 heteroatoms. The van der Waals surface area contributed by atoms with E-state index in [2.05, 4.69) is 4.98 Å². The van der Waals surface area contributed by atoms with Crippen molar-refractivity contribution in [2.24, 2.45) is 0 Å². The molecule has 1 N–H and O–H groups in total. The van der Waals surface area contributed by atoms with Gasteiger partial charge in [0.25, 0.3) is 5.56 Å². The van der Waals surface area contributed by atoms with Crippen LogP contribution in [0.25, 0.3) is 21.6 Å². The Morgan fingerprint density at radius 1 is 0.970 bits per heavy atom. The molecule has 6 nitrogen and oxygen atoms in total. The van der Waals surface area contributed by atoms with Crippen LogP contribution in [0.1, 0.15) is 30.2 Å². The van der Waals surface area contributed by atoms with Crippen LogP contribution in [0.3, 0.4) is 0 Å². The monoisotopic (exact) mass is 462 g/mol. The Morgan fingerprint density at radius 3 is 2.64 bits per heavy atom. The van der Waals surface area contributed by atoms with Crippen LogP contribution in [0.4, 0.5) is 0 Å². The summed E-state index contributed by atoms with van der Waals surface area (Å²) in [6, 6.07) is 15.3. The first-order valence-corrected chi connectivity index (χ1v) is 12.2. The molecule has 0 atom stereocenters. The highest BCUT2D eigenvalue weighted by molar-refractivity contribution is 7.18. The third kappa shape index (κ3) is 4.59. The first-order valence-electron chi connectivity index (χ1n) is 11.4. The molecule has 0 fully saturated rings. The van der Waals surface area contributed by atoms with Crippen molar-refractivity contribution in [1.82, 2.24) is 9.97 Å². The van der Waals surface area contributed by atoms with E-state index in [0.717, 1.165) is 40.8 Å². The number of aromatic amines is 1. The van der Waals surface area contributed by atoms with Crippen molar-refractivity contribution < 1.29 is 14.2 Å². The highest BCUT2D eigenvalue weighted by Crippen LogP contribution is 2.36. The minimum absolute atomic E-state index is 0.0641. The molecule has 0 saturated heterocycles. The molecule has 170 valence electrons. The van der Waals surface area contributed by atoms with Crippen molar-refractivity contribution in [3.63, 3.8) is 0 Å². The van der Waals surface area contributed by atoms with Gasteiger partial charge in [-0.2, -0.15) is 0 Å². The Labute approximate surface area is 196 Å². The van der Waals surface area contributed by atoms with Gasteiger partial charge < -0.3 is 19.2 Å². The number of nitrogens with one attached hydrogen (secondary N) is 1. The van der Waals surface area contributed by atoms with E-state index in [9.17, 15) is 4.79 Å². The molecule has 1 aliphatic carbocycles. The van der Waals surface area contributed by atoms with Gasteiger partial charge in [0, 0.05) is 10.4 Å². The van der Waals surface area contributed by atoms with E-state index in [-0.39, 0.29) is 5.56 Å². The van der Waals surface area contributed by atoms with E-state index in [4.69, 9.17) is 19.2 Å². The zero-order valence-corrected chi connectivity index (χ0v) is 19.4. The van der Waals surface area contributed by atoms with Gasteiger partial charge in [0.1, 0.15) is 29.6 Å². The zero-order chi connectivity index (χ0) is 22.6. The molecule has 33 heavy (non-hydrogen) atoms. The van der Waals surface area contributed by atoms with Crippen LogP contribution in [-0.4, -0.2) is 29.8 Å². The van der Waals surface area contributed by atoms with Crippen molar-refractivity contribution >= 4 is 21.6 Å². The number of fused-ring (bicyclic) bond motifs is 3. The molecule has 1 aliphatic rings. The van der Waals surface area contributed by atoms with E-state index >= 15 is 0 Å². The number of para-hydroxylation sites is 1. The Hall–Kier alpha value is -3.32. The summed E-state index contributed by atoms with van der Waals surface area (Å²) in [4.78, 5) is 22.8. The third-order valence-corrected chi connectivity index (χ3v) is 6.88. The first kappa shape index (κ1) is 21.5. The average molecular weight is 463 g/mol. The van der Waals surface area contributed by atoms with Gasteiger partial charge in [0.2, 0.25) is 0 Å². The van der Waals surface area contributed by atoms with E-state index in [0.29, 0.717) is 37.1 Å². The summed E-state index contributed by atoms with van der Waals surface area (Å²) in [5.41, 5.74) is 1.92. The van der Waals surface area contributed by atoms with Gasteiger partial charge in [0.05, 0.1) is 12.0 Å². The molecule has 2 aromatic carbocycles. The number of benzene rings is 2. The first-order chi connectivity index (χ1) is 16.2. The second-order valence-corrected chi connectivity index (χ2v) is 8.99. The second-order valence-electron chi connectivity index (χ2n) is 7.91. The summed E-state index contributed by atoms with van der Waals surface area (Å²) < 4.78 is 17.4. The molecule has 2 aromatic heterocycles. The molecule has 0 aliphatic heterocycles. The van der Waals surface area contributed by atoms with Crippen LogP contribution in [0.5, 0.6) is 17.2 Å². The fourth-order valence-corrected chi connectivity index (χ4v) is 5.43. The lowest BCUT2D eigenvalue weighted by molar-refractivity contribution is 0.208. The van der Waals surface area contributed by atoms with Gasteiger partial charge in [-0.25, -0.2) is 4.98 Å². The molecular formula is C26H26N2O4S. The maximum absolute atomic E-state index is 12.9. The van der Waals surface area contributed by atoms with E-state index < -0.39 is 0 Å². The maximum Gasteiger partial charge on any atom is 0.260 e. The van der Waals surface area contributed by atoms with Crippen molar-refractivity contribution in [2.75, 3.05) is 19.8 Å². The molecule has 0 unspecified atom stereocenters. The molecule has 0 amide bonds. The third-order valence-electron chi connectivity index (χ3n) is 5.69. The number of nitrogens with zero attached hydrogens (tertiary/aromatic N) is 1. The number of aromatic nitrogens is 2. The minimum atomic E-state index is -0.0641. The Balaban J connectivity index is 1.37. The van der Waals surface area contributed by atoms with Gasteiger partial charge >= 0.3 is 0 Å². The predicted octanol–water partition coefficient (Wildman–Crippen LogP) is 5.39. The molecule has 0 bridgehead atoms. The van der Waals surface area contributed by atoms with Gasteiger partial charge in [-0.05, 0) is 68.5 Å². The number of ether oxygens (including phenoxy) is 3. The lowest BCUT2D eigenvalue weighted by Gasteiger charge is -2.14. The van der Waals surface area contributed by atoms with E-state index in [1.807, 2.05) is 55.5 Å². The fourth-order valence-electron chi connectivity index (χ4n) is 4.17. The minimum Gasteiger partial charge on any atom is -0.490 e. The largest absolute Gasteiger partial charge is 0.490 e. The summed E-state index contributed by atoms with van der Waals surface area (Å²) in [6.45, 7) is 3.24. The van der Waals surface area contributed by atoms with Gasteiger partial charge in [0.15, 0.2) is 11.5 Å². The standard InChI is InChI=1S/C26H26N2O4S/c1-2-30-21-16-17(12-13-20(21)32-15-14-31-18-8-4-3-5-9-18)24-27-25(29)23-19-10-6-7-11-22(19)33-26(23)28-24/h3-5,8-9,12-13,16H,2,6-7,10-11,14-15H2,1H3,(H,27,28,29). The molecular weight excluding hydrogens is 436 g/mol. The molecule has 5 rings (SSSR count). The zero-order valence-electron chi connectivity index (χ0n) is 18.6. The summed E-state index contributed by atoms with van der Waals surface area (Å²) in [7, 11) is 0. The summed E-state index contributed by atoms with van der Waals surface area (Å²) >= 11 is 1.65. The number of rotatable bonds is 8. The van der Waals surface area contributed by atoms with Crippen molar-refractivity contribution in [3.8, 4) is 28.6 Å². The number of hydrogen-bond donors (Lipinski definition) is 1. The number of aryl methyl sites for hydroxylation is 2. The number of H-pyrrole nitrogens is 1. The number of thiophene rings is 1. The van der Waals surface area contributed by atoms with Crippen LogP contribution < -0.4 is 19.8 Å². The summed E-state index contributed by atoms with van der Waals surface area (Å²) in [5.74, 6) is 2.60. The van der Waals surface area contributed by atoms with E-state index in [1.165, 1.54) is 16.9 Å². The fraction of sp³-hybridized carbons (Fsp3) is 0.308. The smallest absolute Gasteiger partial charge is 0.260 e. The van der Waals surface area contributed by atoms with Crippen LogP contribution in [0, 0.1) is 0 Å². The maximum atomic E-state index is 12.9. The van der Waals surface area contributed by atoms with E-state index in [1.54, 1.807) is 11.3 Å². The second kappa shape index (κ2) is 9.67. The molecule has 0 saturated carbocycles. The average Bonchev–Trinajstić information content (AvgIpc) is 3.22. The lowest BCUT2D eigenvalue weighted by atomic mass is 9.97. The molecule has 4 aromatic rings. The van der Waals surface area contributed by atoms with Crippen LogP contribution >= 0.6 is 11.3 Å². The van der Waals surface area contributed by atoms with Gasteiger partial charge in [-0.1, -0.05) is 18.2 Å². The van der Waals surface area contributed by atoms with Crippen molar-refractivity contribution in [1.29, 1.82) is 0 Å². The van der Waals surface area contributed by atoms with Crippen molar-refractivity contribution in [3.05, 3.63) is 69.3 Å². The Kier molecular flexibility index (Phi) is 6.30. The highest BCUT2D eigenvalue weighted by Gasteiger charge is 2.20. The topological polar surface area (TPSA) is 73.4 Å². The van der Waals surface area contributed by atoms with Crippen LogP contribution in [0.2, 0.25) is 0 Å².